The number of rotatable bonds is 15. The van der Waals surface area contributed by atoms with Crippen LogP contribution in [-0.4, -0.2) is 101 Å². The Morgan fingerprint density at radius 1 is 0.923 bits per heavy atom. The number of aliphatic imine (C=N–C) groups is 1. The molecule has 3 aliphatic heterocycles. The second-order valence-corrected chi connectivity index (χ2v) is 16.1. The van der Waals surface area contributed by atoms with E-state index in [2.05, 4.69) is 57.7 Å². The molecule has 2 unspecified atom stereocenters. The number of fused-ring (bicyclic) bond motifs is 3. The molecule has 282 valence electrons. The van der Waals surface area contributed by atoms with Gasteiger partial charge in [0.1, 0.15) is 0 Å². The summed E-state index contributed by atoms with van der Waals surface area (Å²) in [5, 5.41) is 0. The quantitative estimate of drug-likeness (QED) is 0.203. The largest absolute Gasteiger partial charge is 0.493 e. The Bertz CT molecular complexity index is 1730. The van der Waals surface area contributed by atoms with Crippen LogP contribution >= 0.6 is 0 Å². The van der Waals surface area contributed by atoms with Gasteiger partial charge in [-0.1, -0.05) is 46.4 Å². The number of nitrogens with zero attached hydrogens (tertiary/aromatic N) is 4. The number of anilines is 1. The van der Waals surface area contributed by atoms with E-state index in [-0.39, 0.29) is 34.7 Å². The Hall–Kier alpha value is -4.51. The van der Waals surface area contributed by atoms with E-state index in [1.54, 1.807) is 31.3 Å². The highest BCUT2D eigenvalue weighted by Crippen LogP contribution is 2.41. The minimum absolute atomic E-state index is 0.0150. The molecule has 0 radical (unpaired) electrons. The molecule has 0 bridgehead atoms. The molecule has 2 amide bonds. The molecule has 0 aromatic heterocycles. The van der Waals surface area contributed by atoms with Gasteiger partial charge in [0, 0.05) is 57.6 Å². The molecular formula is C41H57N5O6. The van der Waals surface area contributed by atoms with Crippen molar-refractivity contribution in [3.8, 4) is 23.0 Å². The van der Waals surface area contributed by atoms with Crippen molar-refractivity contribution in [2.45, 2.75) is 72.4 Å². The monoisotopic (exact) mass is 715 g/mol. The third kappa shape index (κ3) is 8.57. The fraction of sp³-hybridized carbons (Fsp3) is 0.537. The molecular weight excluding hydrogens is 658 g/mol. The lowest BCUT2D eigenvalue weighted by molar-refractivity contribution is 0.0765. The highest BCUT2D eigenvalue weighted by Gasteiger charge is 2.35. The number of nitrogens with two attached hydrogens (primary N) is 1. The summed E-state index contributed by atoms with van der Waals surface area (Å²) in [6.07, 6.45) is 5.27. The number of carbonyl (C=O) groups excluding carboxylic acids is 2. The summed E-state index contributed by atoms with van der Waals surface area (Å²) in [7, 11) is 5.18. The molecule has 1 fully saturated rings. The summed E-state index contributed by atoms with van der Waals surface area (Å²) in [6.45, 7) is 21.9. The van der Waals surface area contributed by atoms with Crippen LogP contribution in [0.1, 0.15) is 81.0 Å². The molecule has 1 saturated heterocycles. The van der Waals surface area contributed by atoms with Gasteiger partial charge in [0.15, 0.2) is 23.0 Å². The van der Waals surface area contributed by atoms with E-state index in [0.717, 1.165) is 42.5 Å². The lowest BCUT2D eigenvalue weighted by Crippen LogP contribution is -2.40. The molecule has 11 heteroatoms. The standard InChI is InChI=1S/C41H57N5O6/c1-26-15-29-21-43-32-18-36(34(49-9)16-30(32)39(48)46(29)23-26)52-25-41(6,7)12-11-40(4,5)13-14-51-37-19-33-31(17-35(37)50-10)38(47)45(22-27(2)20-42)24-28(3)44(33)8/h16-19,21,28-29H,1-2,11-15,20,22-25,42H2,3-10H3. The number of hydrogen-bond acceptors (Lipinski definition) is 9. The Kier molecular flexibility index (Phi) is 11.6. The minimum atomic E-state index is -0.142. The zero-order valence-corrected chi connectivity index (χ0v) is 32.3. The topological polar surface area (TPSA) is 119 Å². The average molecular weight is 716 g/mol. The highest BCUT2D eigenvalue weighted by atomic mass is 16.5. The maximum atomic E-state index is 13.6. The van der Waals surface area contributed by atoms with Crippen molar-refractivity contribution in [3.05, 3.63) is 59.7 Å². The van der Waals surface area contributed by atoms with Gasteiger partial charge in [0.05, 0.1) is 56.0 Å². The fourth-order valence-electron chi connectivity index (χ4n) is 6.88. The number of ether oxygens (including phenoxy) is 4. The molecule has 0 saturated carbocycles. The lowest BCUT2D eigenvalue weighted by Gasteiger charge is -2.31. The first-order valence-electron chi connectivity index (χ1n) is 18.2. The summed E-state index contributed by atoms with van der Waals surface area (Å²) in [4.78, 5) is 37.4. The van der Waals surface area contributed by atoms with Gasteiger partial charge in [-0.05, 0) is 61.1 Å². The molecule has 0 aliphatic carbocycles. The molecule has 2 N–H and O–H groups in total. The van der Waals surface area contributed by atoms with Gasteiger partial charge in [0.2, 0.25) is 0 Å². The van der Waals surface area contributed by atoms with Gasteiger partial charge >= 0.3 is 0 Å². The molecule has 52 heavy (non-hydrogen) atoms. The van der Waals surface area contributed by atoms with Gasteiger partial charge in [-0.25, -0.2) is 0 Å². The van der Waals surface area contributed by atoms with Crippen LogP contribution in [0.15, 0.2) is 53.6 Å². The van der Waals surface area contributed by atoms with Crippen LogP contribution in [0.3, 0.4) is 0 Å². The maximum Gasteiger partial charge on any atom is 0.257 e. The number of likely N-dealkylation sites (N-methyl/N-ethyl adjacent to an activating group) is 1. The van der Waals surface area contributed by atoms with Gasteiger partial charge in [-0.3, -0.25) is 14.6 Å². The van der Waals surface area contributed by atoms with Crippen molar-refractivity contribution in [2.75, 3.05) is 65.6 Å². The summed E-state index contributed by atoms with van der Waals surface area (Å²) >= 11 is 0. The highest BCUT2D eigenvalue weighted by molar-refractivity contribution is 6.04. The van der Waals surface area contributed by atoms with Crippen molar-refractivity contribution >= 4 is 29.4 Å². The van der Waals surface area contributed by atoms with Gasteiger partial charge < -0.3 is 39.4 Å². The first-order chi connectivity index (χ1) is 24.6. The van der Waals surface area contributed by atoms with Crippen LogP contribution in [0.4, 0.5) is 11.4 Å². The summed E-state index contributed by atoms with van der Waals surface area (Å²) in [5.41, 5.74) is 9.96. The Balaban J connectivity index is 1.19. The molecule has 2 aromatic carbocycles. The molecule has 11 nitrogen and oxygen atoms in total. The van der Waals surface area contributed by atoms with Crippen LogP contribution in [0, 0.1) is 10.8 Å². The number of methoxy groups -OCH3 is 2. The predicted octanol–water partition coefficient (Wildman–Crippen LogP) is 6.67. The molecule has 0 spiro atoms. The zero-order chi connectivity index (χ0) is 38.0. The number of benzene rings is 2. The fourth-order valence-corrected chi connectivity index (χ4v) is 6.88. The zero-order valence-electron chi connectivity index (χ0n) is 32.3. The number of carbonyl (C=O) groups is 2. The SMILES string of the molecule is C=C(CN)CN1CC(C)N(C)c2cc(OCCC(C)(C)CCC(C)(C)COc3cc4c(cc3OC)C(=O)N3CC(=C)CC3C=N4)c(OC)cc2C1=O. The summed E-state index contributed by atoms with van der Waals surface area (Å²) in [5.74, 6) is 2.09. The second-order valence-electron chi connectivity index (χ2n) is 16.1. The Morgan fingerprint density at radius 3 is 2.25 bits per heavy atom. The van der Waals surface area contributed by atoms with E-state index in [1.165, 1.54) is 0 Å². The first-order valence-corrected chi connectivity index (χ1v) is 18.2. The van der Waals surface area contributed by atoms with Gasteiger partial charge in [0.25, 0.3) is 11.8 Å². The molecule has 5 rings (SSSR count). The van der Waals surface area contributed by atoms with Crippen molar-refractivity contribution < 1.29 is 28.5 Å². The maximum absolute atomic E-state index is 13.6. The van der Waals surface area contributed by atoms with E-state index >= 15 is 0 Å². The van der Waals surface area contributed by atoms with Crippen molar-refractivity contribution in [1.82, 2.24) is 9.80 Å². The third-order valence-electron chi connectivity index (χ3n) is 10.6. The molecule has 2 aromatic rings. The van der Waals surface area contributed by atoms with Gasteiger partial charge in [-0.2, -0.15) is 0 Å². The Labute approximate surface area is 309 Å². The van der Waals surface area contributed by atoms with Crippen LogP contribution in [0.5, 0.6) is 23.0 Å². The molecule has 2 atom stereocenters. The van der Waals surface area contributed by atoms with Crippen molar-refractivity contribution in [1.29, 1.82) is 0 Å². The Morgan fingerprint density at radius 2 is 1.58 bits per heavy atom. The van der Waals surface area contributed by atoms with E-state index in [1.807, 2.05) is 30.3 Å². The number of hydrogen-bond donors (Lipinski definition) is 1. The lowest BCUT2D eigenvalue weighted by atomic mass is 9.78. The minimum Gasteiger partial charge on any atom is -0.493 e. The van der Waals surface area contributed by atoms with Crippen LogP contribution < -0.4 is 29.6 Å². The van der Waals surface area contributed by atoms with Crippen molar-refractivity contribution in [2.24, 2.45) is 21.6 Å². The number of amides is 2. The third-order valence-corrected chi connectivity index (χ3v) is 10.6. The van der Waals surface area contributed by atoms with E-state index in [0.29, 0.717) is 79.2 Å². The summed E-state index contributed by atoms with van der Waals surface area (Å²) < 4.78 is 24.1. The molecule has 3 aliphatic rings. The first kappa shape index (κ1) is 38.7. The predicted molar refractivity (Wildman–Crippen MR) is 207 cm³/mol. The van der Waals surface area contributed by atoms with Gasteiger partial charge in [-0.15, -0.1) is 0 Å². The van der Waals surface area contributed by atoms with E-state index in [9.17, 15) is 9.59 Å². The van der Waals surface area contributed by atoms with Crippen LogP contribution in [0.2, 0.25) is 0 Å². The molecule has 3 heterocycles. The smallest absolute Gasteiger partial charge is 0.257 e. The normalized spacial score (nSPS) is 18.8. The second kappa shape index (κ2) is 15.6. The average Bonchev–Trinajstić information content (AvgIpc) is 3.41. The van der Waals surface area contributed by atoms with Crippen LogP contribution in [-0.2, 0) is 0 Å². The van der Waals surface area contributed by atoms with Crippen LogP contribution in [0.25, 0.3) is 0 Å². The van der Waals surface area contributed by atoms with E-state index < -0.39 is 0 Å². The van der Waals surface area contributed by atoms with E-state index in [4.69, 9.17) is 24.7 Å². The van der Waals surface area contributed by atoms with Crippen molar-refractivity contribution in [3.63, 3.8) is 0 Å². The summed E-state index contributed by atoms with van der Waals surface area (Å²) in [6, 6.07) is 7.28.